The van der Waals surface area contributed by atoms with E-state index in [9.17, 15) is 4.79 Å². The molecule has 1 atom stereocenters. The molecule has 0 bridgehead atoms. The van der Waals surface area contributed by atoms with Crippen LogP contribution in [0.1, 0.15) is 12.8 Å². The highest BCUT2D eigenvalue weighted by Crippen LogP contribution is 2.26. The van der Waals surface area contributed by atoms with Crippen molar-refractivity contribution in [1.29, 1.82) is 0 Å². The normalized spacial score (nSPS) is 12.3. The second-order valence-corrected chi connectivity index (χ2v) is 4.22. The van der Waals surface area contributed by atoms with Crippen molar-refractivity contribution >= 4 is 16.7 Å². The van der Waals surface area contributed by atoms with Crippen molar-refractivity contribution in [2.45, 2.75) is 18.9 Å². The predicted molar refractivity (Wildman–Crippen MR) is 72.1 cm³/mol. The number of rotatable bonds is 5. The second-order valence-electron chi connectivity index (χ2n) is 4.22. The molecule has 0 saturated carbocycles. The van der Waals surface area contributed by atoms with E-state index in [2.05, 4.69) is 6.92 Å². The maximum Gasteiger partial charge on any atom is 0.217 e. The minimum absolute atomic E-state index is 0.275. The van der Waals surface area contributed by atoms with Gasteiger partial charge in [-0.3, -0.25) is 4.79 Å². The van der Waals surface area contributed by atoms with Gasteiger partial charge in [0, 0.05) is 11.8 Å². The molecule has 0 aromatic heterocycles. The van der Waals surface area contributed by atoms with Crippen LogP contribution in [-0.2, 0) is 4.79 Å². The lowest BCUT2D eigenvalue weighted by Gasteiger charge is -2.15. The molecule has 2 aromatic carbocycles. The first-order valence-corrected chi connectivity index (χ1v) is 5.92. The molecule has 0 aliphatic heterocycles. The summed E-state index contributed by atoms with van der Waals surface area (Å²) in [5.41, 5.74) is 5.10. The molecule has 1 amide bonds. The summed E-state index contributed by atoms with van der Waals surface area (Å²) in [6.07, 6.45) is 0.542. The number of fused-ring (bicyclic) bond motifs is 1. The summed E-state index contributed by atoms with van der Waals surface area (Å²) in [6.45, 7) is 3.88. The number of hydrogen-bond donors (Lipinski definition) is 1. The van der Waals surface area contributed by atoms with Crippen molar-refractivity contribution in [2.75, 3.05) is 0 Å². The van der Waals surface area contributed by atoms with E-state index < -0.39 is 0 Å². The Balaban J connectivity index is 2.14. The van der Waals surface area contributed by atoms with Gasteiger partial charge in [-0.05, 0) is 24.8 Å². The number of primary amides is 1. The van der Waals surface area contributed by atoms with Crippen LogP contribution in [0, 0.1) is 6.92 Å². The molecule has 2 N–H and O–H groups in total. The molecule has 1 unspecified atom stereocenters. The molecule has 3 nitrogen and oxygen atoms in total. The van der Waals surface area contributed by atoms with Gasteiger partial charge < -0.3 is 10.5 Å². The van der Waals surface area contributed by atoms with Gasteiger partial charge in [0.15, 0.2) is 0 Å². The second kappa shape index (κ2) is 5.54. The highest BCUT2D eigenvalue weighted by Gasteiger charge is 2.08. The topological polar surface area (TPSA) is 52.3 Å². The van der Waals surface area contributed by atoms with Crippen LogP contribution in [0.3, 0.4) is 0 Å². The van der Waals surface area contributed by atoms with Crippen LogP contribution in [0.2, 0.25) is 0 Å². The molecule has 1 radical (unpaired) electrons. The summed E-state index contributed by atoms with van der Waals surface area (Å²) in [5.74, 6) is 0.461. The van der Waals surface area contributed by atoms with Crippen molar-refractivity contribution in [3.63, 3.8) is 0 Å². The van der Waals surface area contributed by atoms with Crippen LogP contribution in [0.25, 0.3) is 10.8 Å². The van der Waals surface area contributed by atoms with Crippen molar-refractivity contribution in [1.82, 2.24) is 0 Å². The van der Waals surface area contributed by atoms with Crippen LogP contribution < -0.4 is 10.5 Å². The number of amides is 1. The monoisotopic (exact) mass is 242 g/mol. The minimum Gasteiger partial charge on any atom is -0.490 e. The zero-order chi connectivity index (χ0) is 13.0. The number of hydrogen-bond acceptors (Lipinski definition) is 2. The van der Waals surface area contributed by atoms with E-state index in [1.807, 2.05) is 42.5 Å². The standard InChI is InChI=1S/C15H16NO2/c1-11(9-10-15(16)17)18-14-8-4-6-12-5-2-3-7-13(12)14/h2-8,11H,1,9-10H2,(H2,16,17). The Hall–Kier alpha value is -2.03. The van der Waals surface area contributed by atoms with Gasteiger partial charge in [-0.1, -0.05) is 36.4 Å². The summed E-state index contributed by atoms with van der Waals surface area (Å²) in [6, 6.07) is 13.9. The quantitative estimate of drug-likeness (QED) is 0.876. The predicted octanol–water partition coefficient (Wildman–Crippen LogP) is 2.69. The molecule has 0 aliphatic rings. The Morgan fingerprint density at radius 2 is 1.94 bits per heavy atom. The summed E-state index contributed by atoms with van der Waals surface area (Å²) in [7, 11) is 0. The lowest BCUT2D eigenvalue weighted by molar-refractivity contribution is -0.118. The Bertz CT molecular complexity index is 546. The fourth-order valence-electron chi connectivity index (χ4n) is 1.84. The SMILES string of the molecule is [CH2]C(CCC(N)=O)Oc1cccc2ccccc12. The molecule has 2 aromatic rings. The highest BCUT2D eigenvalue weighted by atomic mass is 16.5. The maximum atomic E-state index is 10.7. The summed E-state index contributed by atoms with van der Waals surface area (Å²) >= 11 is 0. The van der Waals surface area contributed by atoms with Crippen LogP contribution in [0.15, 0.2) is 42.5 Å². The third-order valence-corrected chi connectivity index (χ3v) is 2.76. The molecule has 0 spiro atoms. The number of ether oxygens (including phenoxy) is 1. The molecule has 93 valence electrons. The first kappa shape index (κ1) is 12.4. The lowest BCUT2D eigenvalue weighted by Crippen LogP contribution is -2.18. The molecular formula is C15H16NO2. The van der Waals surface area contributed by atoms with Crippen LogP contribution >= 0.6 is 0 Å². The number of benzene rings is 2. The largest absolute Gasteiger partial charge is 0.490 e. The third-order valence-electron chi connectivity index (χ3n) is 2.76. The van der Waals surface area contributed by atoms with E-state index in [1.165, 1.54) is 0 Å². The molecule has 18 heavy (non-hydrogen) atoms. The zero-order valence-corrected chi connectivity index (χ0v) is 10.1. The van der Waals surface area contributed by atoms with Gasteiger partial charge in [0.2, 0.25) is 5.91 Å². The Morgan fingerprint density at radius 3 is 2.72 bits per heavy atom. The molecule has 0 fully saturated rings. The molecule has 0 heterocycles. The molecule has 0 aliphatic carbocycles. The van der Waals surface area contributed by atoms with Crippen LogP contribution in [0.4, 0.5) is 0 Å². The van der Waals surface area contributed by atoms with Crippen molar-refractivity contribution in [2.24, 2.45) is 5.73 Å². The van der Waals surface area contributed by atoms with Gasteiger partial charge in [-0.25, -0.2) is 0 Å². The lowest BCUT2D eigenvalue weighted by atomic mass is 10.1. The summed E-state index contributed by atoms with van der Waals surface area (Å²) in [5, 5.41) is 2.17. The third kappa shape index (κ3) is 3.00. The van der Waals surface area contributed by atoms with Crippen molar-refractivity contribution in [3.8, 4) is 5.75 Å². The van der Waals surface area contributed by atoms with E-state index in [4.69, 9.17) is 10.5 Å². The van der Waals surface area contributed by atoms with Crippen molar-refractivity contribution in [3.05, 3.63) is 49.4 Å². The zero-order valence-electron chi connectivity index (χ0n) is 10.1. The van der Waals surface area contributed by atoms with E-state index in [-0.39, 0.29) is 12.0 Å². The van der Waals surface area contributed by atoms with Gasteiger partial charge in [0.1, 0.15) is 5.75 Å². The van der Waals surface area contributed by atoms with Crippen LogP contribution in [-0.4, -0.2) is 12.0 Å². The van der Waals surface area contributed by atoms with Gasteiger partial charge in [-0.2, -0.15) is 0 Å². The first-order chi connectivity index (χ1) is 8.66. The number of carbonyl (C=O) groups is 1. The van der Waals surface area contributed by atoms with Gasteiger partial charge >= 0.3 is 0 Å². The summed E-state index contributed by atoms with van der Waals surface area (Å²) < 4.78 is 5.76. The van der Waals surface area contributed by atoms with E-state index in [0.717, 1.165) is 16.5 Å². The van der Waals surface area contributed by atoms with Crippen molar-refractivity contribution < 1.29 is 9.53 Å². The van der Waals surface area contributed by atoms with E-state index >= 15 is 0 Å². The Morgan fingerprint density at radius 1 is 1.22 bits per heavy atom. The fourth-order valence-corrected chi connectivity index (χ4v) is 1.84. The Kier molecular flexibility index (Phi) is 3.82. The average molecular weight is 242 g/mol. The smallest absolute Gasteiger partial charge is 0.217 e. The number of nitrogens with two attached hydrogens (primary N) is 1. The first-order valence-electron chi connectivity index (χ1n) is 5.92. The van der Waals surface area contributed by atoms with Gasteiger partial charge in [0.25, 0.3) is 0 Å². The maximum absolute atomic E-state index is 10.7. The van der Waals surface area contributed by atoms with E-state index in [0.29, 0.717) is 12.8 Å². The van der Waals surface area contributed by atoms with Gasteiger partial charge in [-0.15, -0.1) is 0 Å². The fraction of sp³-hybridized carbons (Fsp3) is 0.200. The molecule has 3 heteroatoms. The van der Waals surface area contributed by atoms with Crippen LogP contribution in [0.5, 0.6) is 5.75 Å². The molecule has 2 rings (SSSR count). The number of carbonyl (C=O) groups excluding carboxylic acids is 1. The highest BCUT2D eigenvalue weighted by molar-refractivity contribution is 5.88. The summed E-state index contributed by atoms with van der Waals surface area (Å²) in [4.78, 5) is 10.7. The van der Waals surface area contributed by atoms with E-state index in [1.54, 1.807) is 0 Å². The molecular weight excluding hydrogens is 226 g/mol. The Labute approximate surface area is 107 Å². The minimum atomic E-state index is -0.329. The van der Waals surface area contributed by atoms with Gasteiger partial charge in [0.05, 0.1) is 6.10 Å². The molecule has 0 saturated heterocycles. The average Bonchev–Trinajstić information content (AvgIpc) is 2.37.